The fourth-order valence-corrected chi connectivity index (χ4v) is 4.82. The summed E-state index contributed by atoms with van der Waals surface area (Å²) in [6, 6.07) is 1.87. The van der Waals surface area contributed by atoms with Gasteiger partial charge in [0.25, 0.3) is 0 Å². The molecule has 1 aliphatic rings. The van der Waals surface area contributed by atoms with Gasteiger partial charge in [-0.05, 0) is 49.9 Å². The van der Waals surface area contributed by atoms with E-state index in [9.17, 15) is 19.2 Å². The fourth-order valence-electron chi connectivity index (χ4n) is 4.82. The Kier molecular flexibility index (Phi) is 14.1. The summed E-state index contributed by atoms with van der Waals surface area (Å²) in [4.78, 5) is 47.8. The molecule has 1 aromatic carbocycles. The van der Waals surface area contributed by atoms with Crippen LogP contribution in [0.5, 0.6) is 11.5 Å². The van der Waals surface area contributed by atoms with Crippen molar-refractivity contribution in [2.45, 2.75) is 125 Å². The van der Waals surface area contributed by atoms with Crippen molar-refractivity contribution >= 4 is 23.9 Å². The minimum atomic E-state index is -1.31. The highest BCUT2D eigenvalue weighted by molar-refractivity contribution is 5.68. The molecule has 0 unspecified atom stereocenters. The van der Waals surface area contributed by atoms with Crippen molar-refractivity contribution in [3.63, 3.8) is 0 Å². The molecular weight excluding hydrogens is 548 g/mol. The van der Waals surface area contributed by atoms with E-state index in [0.29, 0.717) is 12.4 Å². The van der Waals surface area contributed by atoms with E-state index in [2.05, 4.69) is 6.92 Å². The van der Waals surface area contributed by atoms with Crippen LogP contribution in [0.25, 0.3) is 0 Å². The molecule has 0 saturated carbocycles. The molecule has 42 heavy (non-hydrogen) atoms. The summed E-state index contributed by atoms with van der Waals surface area (Å²) in [5.41, 5.74) is 2.39. The molecule has 0 bridgehead atoms. The van der Waals surface area contributed by atoms with Crippen molar-refractivity contribution in [2.24, 2.45) is 0 Å². The highest BCUT2D eigenvalue weighted by Crippen LogP contribution is 2.37. The molecule has 5 atom stereocenters. The average molecular weight is 595 g/mol. The number of unbranched alkanes of at least 4 members (excludes halogenated alkanes) is 5. The van der Waals surface area contributed by atoms with Gasteiger partial charge in [0.05, 0.1) is 6.61 Å². The number of carbonyl (C=O) groups excluding carboxylic acids is 4. The van der Waals surface area contributed by atoms with Gasteiger partial charge in [0, 0.05) is 27.7 Å². The minimum absolute atomic E-state index is 0.333. The SMILES string of the molecule is CCCCCCCCOc1cc(C)c(O[C@@H]2O[C@H](COC(C)=O)[C@@H](OC(C)=O)[C@H](OC(C)=O)[C@H]2OC(C)=O)c(C)c1C. The molecule has 11 heteroatoms. The monoisotopic (exact) mass is 594 g/mol. The van der Waals surface area contributed by atoms with E-state index in [0.717, 1.165) is 35.3 Å². The predicted octanol–water partition coefficient (Wildman–Crippen LogP) is 4.81. The summed E-state index contributed by atoms with van der Waals surface area (Å²) in [7, 11) is 0. The second kappa shape index (κ2) is 16.9. The Morgan fingerprint density at radius 3 is 1.90 bits per heavy atom. The van der Waals surface area contributed by atoms with Gasteiger partial charge in [-0.25, -0.2) is 0 Å². The van der Waals surface area contributed by atoms with E-state index in [4.69, 9.17) is 33.2 Å². The van der Waals surface area contributed by atoms with Gasteiger partial charge >= 0.3 is 23.9 Å². The molecule has 0 spiro atoms. The van der Waals surface area contributed by atoms with Crippen LogP contribution in [0.1, 0.15) is 89.8 Å². The zero-order valence-corrected chi connectivity index (χ0v) is 26.1. The molecule has 0 amide bonds. The number of ether oxygens (including phenoxy) is 7. The van der Waals surface area contributed by atoms with Crippen LogP contribution in [0, 0.1) is 20.8 Å². The topological polar surface area (TPSA) is 133 Å². The Bertz CT molecular complexity index is 1080. The van der Waals surface area contributed by atoms with E-state index in [1.54, 1.807) is 0 Å². The molecule has 1 aliphatic heterocycles. The molecule has 2 rings (SSSR count). The first-order valence-electron chi connectivity index (χ1n) is 14.6. The van der Waals surface area contributed by atoms with Gasteiger partial charge in [-0.15, -0.1) is 0 Å². The number of rotatable bonds is 15. The van der Waals surface area contributed by atoms with Gasteiger partial charge in [0.2, 0.25) is 12.4 Å². The van der Waals surface area contributed by atoms with Gasteiger partial charge in [-0.2, -0.15) is 0 Å². The highest BCUT2D eigenvalue weighted by atomic mass is 16.7. The van der Waals surface area contributed by atoms with Crippen molar-refractivity contribution in [1.82, 2.24) is 0 Å². The van der Waals surface area contributed by atoms with Crippen molar-refractivity contribution in [2.75, 3.05) is 13.2 Å². The molecule has 0 N–H and O–H groups in total. The smallest absolute Gasteiger partial charge is 0.303 e. The summed E-state index contributed by atoms with van der Waals surface area (Å²) in [5, 5.41) is 0. The van der Waals surface area contributed by atoms with Gasteiger partial charge < -0.3 is 33.2 Å². The van der Waals surface area contributed by atoms with Crippen molar-refractivity contribution < 1.29 is 52.3 Å². The molecule has 1 heterocycles. The van der Waals surface area contributed by atoms with Crippen LogP contribution in [0.15, 0.2) is 6.07 Å². The zero-order chi connectivity index (χ0) is 31.4. The van der Waals surface area contributed by atoms with E-state index >= 15 is 0 Å². The van der Waals surface area contributed by atoms with Crippen molar-refractivity contribution in [3.05, 3.63) is 22.8 Å². The minimum Gasteiger partial charge on any atom is -0.493 e. The lowest BCUT2D eigenvalue weighted by atomic mass is 9.97. The Labute approximate surface area is 248 Å². The van der Waals surface area contributed by atoms with Gasteiger partial charge in [-0.1, -0.05) is 39.0 Å². The number of esters is 4. The molecule has 11 nitrogen and oxygen atoms in total. The summed E-state index contributed by atoms with van der Waals surface area (Å²) in [5.74, 6) is -1.50. The van der Waals surface area contributed by atoms with Crippen LogP contribution in [-0.4, -0.2) is 67.8 Å². The maximum atomic E-state index is 12.1. The van der Waals surface area contributed by atoms with Crippen molar-refractivity contribution in [1.29, 1.82) is 0 Å². The predicted molar refractivity (Wildman–Crippen MR) is 152 cm³/mol. The first kappa shape index (κ1) is 34.9. The van der Waals surface area contributed by atoms with Crippen LogP contribution in [0.3, 0.4) is 0 Å². The lowest BCUT2D eigenvalue weighted by Gasteiger charge is -2.44. The molecule has 1 saturated heterocycles. The van der Waals surface area contributed by atoms with E-state index < -0.39 is 54.6 Å². The van der Waals surface area contributed by atoms with Crippen LogP contribution in [-0.2, 0) is 42.9 Å². The Balaban J connectivity index is 2.37. The Hall–Kier alpha value is -3.34. The fraction of sp³-hybridized carbons (Fsp3) is 0.677. The summed E-state index contributed by atoms with van der Waals surface area (Å²) < 4.78 is 40.1. The molecule has 0 aliphatic carbocycles. The maximum Gasteiger partial charge on any atom is 0.303 e. The number of hydrogen-bond acceptors (Lipinski definition) is 11. The number of aryl methyl sites for hydroxylation is 1. The molecule has 0 radical (unpaired) electrons. The molecule has 236 valence electrons. The lowest BCUT2D eigenvalue weighted by molar-refractivity contribution is -0.288. The van der Waals surface area contributed by atoms with E-state index in [1.807, 2.05) is 26.8 Å². The Morgan fingerprint density at radius 1 is 0.738 bits per heavy atom. The third-order valence-corrected chi connectivity index (χ3v) is 6.92. The standard InChI is InChI=1S/C31H46O11/c1-9-10-11-12-13-14-15-36-25-16-18(2)27(20(4)19(25)3)42-31-30(40-24(8)35)29(39-23(7)34)28(38-22(6)33)26(41-31)17-37-21(5)32/h16,26,28-31H,9-15,17H2,1-8H3/t26-,28-,29+,30-,31+/m1/s1. The summed E-state index contributed by atoms with van der Waals surface area (Å²) in [6.07, 6.45) is 0.680. The number of hydrogen-bond donors (Lipinski definition) is 0. The third kappa shape index (κ3) is 10.5. The third-order valence-electron chi connectivity index (χ3n) is 6.92. The van der Waals surface area contributed by atoms with Crippen LogP contribution in [0.4, 0.5) is 0 Å². The zero-order valence-electron chi connectivity index (χ0n) is 26.1. The normalized spacial score (nSPS) is 21.7. The second-order valence-corrected chi connectivity index (χ2v) is 10.6. The maximum absolute atomic E-state index is 12.1. The average Bonchev–Trinajstić information content (AvgIpc) is 2.90. The van der Waals surface area contributed by atoms with Crippen molar-refractivity contribution in [3.8, 4) is 11.5 Å². The molecule has 0 aromatic heterocycles. The van der Waals surface area contributed by atoms with Crippen LogP contribution < -0.4 is 9.47 Å². The Morgan fingerprint density at radius 2 is 1.31 bits per heavy atom. The van der Waals surface area contributed by atoms with E-state index in [1.165, 1.54) is 53.4 Å². The molecule has 1 fully saturated rings. The largest absolute Gasteiger partial charge is 0.493 e. The summed E-state index contributed by atoms with van der Waals surface area (Å²) >= 11 is 0. The van der Waals surface area contributed by atoms with Gasteiger partial charge in [-0.3, -0.25) is 19.2 Å². The first-order chi connectivity index (χ1) is 19.8. The number of carbonyl (C=O) groups is 4. The molecular formula is C31H46O11. The summed E-state index contributed by atoms with van der Waals surface area (Å²) in [6.45, 7) is 12.9. The van der Waals surface area contributed by atoms with E-state index in [-0.39, 0.29) is 6.61 Å². The second-order valence-electron chi connectivity index (χ2n) is 10.6. The lowest BCUT2D eigenvalue weighted by Crippen LogP contribution is -2.63. The number of benzene rings is 1. The molecule has 1 aromatic rings. The van der Waals surface area contributed by atoms with Crippen LogP contribution in [0.2, 0.25) is 0 Å². The van der Waals surface area contributed by atoms with Gasteiger partial charge in [0.15, 0.2) is 12.2 Å². The first-order valence-corrected chi connectivity index (χ1v) is 14.6. The quantitative estimate of drug-likeness (QED) is 0.157. The van der Waals surface area contributed by atoms with Crippen LogP contribution >= 0.6 is 0 Å². The highest BCUT2D eigenvalue weighted by Gasteiger charge is 2.53. The van der Waals surface area contributed by atoms with Gasteiger partial charge in [0.1, 0.15) is 24.2 Å².